The second kappa shape index (κ2) is 7.05. The van der Waals surface area contributed by atoms with Crippen LogP contribution in [0.25, 0.3) is 21.8 Å². The molecule has 28 heavy (non-hydrogen) atoms. The van der Waals surface area contributed by atoms with E-state index in [-0.39, 0.29) is 5.56 Å². The average Bonchev–Trinajstić information content (AvgIpc) is 2.69. The van der Waals surface area contributed by atoms with E-state index in [2.05, 4.69) is 10.3 Å². The fraction of sp³-hybridized carbons (Fsp3) is 0.0952. The molecule has 0 fully saturated rings. The summed E-state index contributed by atoms with van der Waals surface area (Å²) in [5.74, 6) is -1.02. The molecule has 4 rings (SSSR count). The molecular formula is C21H15ClFN3O2. The van der Waals surface area contributed by atoms with Gasteiger partial charge in [0.15, 0.2) is 0 Å². The molecule has 0 saturated carbocycles. The summed E-state index contributed by atoms with van der Waals surface area (Å²) in [5, 5.41) is 3.95. The van der Waals surface area contributed by atoms with E-state index in [4.69, 9.17) is 11.6 Å². The van der Waals surface area contributed by atoms with Gasteiger partial charge in [-0.05, 0) is 49.4 Å². The maximum absolute atomic E-state index is 13.6. The van der Waals surface area contributed by atoms with E-state index in [9.17, 15) is 14.0 Å². The van der Waals surface area contributed by atoms with Crippen LogP contribution in [0.1, 0.15) is 17.3 Å². The van der Waals surface area contributed by atoms with Crippen molar-refractivity contribution >= 4 is 45.0 Å². The molecule has 0 aliphatic carbocycles. The van der Waals surface area contributed by atoms with Gasteiger partial charge in [-0.25, -0.2) is 4.39 Å². The number of halogens is 2. The molecule has 0 aliphatic heterocycles. The minimum atomic E-state index is -0.578. The van der Waals surface area contributed by atoms with Gasteiger partial charge in [0, 0.05) is 34.7 Å². The highest BCUT2D eigenvalue weighted by Crippen LogP contribution is 2.23. The first-order valence-corrected chi connectivity index (χ1v) is 9.04. The van der Waals surface area contributed by atoms with Crippen LogP contribution >= 0.6 is 11.6 Å². The van der Waals surface area contributed by atoms with Crippen molar-refractivity contribution < 1.29 is 9.18 Å². The molecule has 2 aromatic carbocycles. The van der Waals surface area contributed by atoms with Crippen molar-refractivity contribution in [1.82, 2.24) is 9.55 Å². The minimum Gasteiger partial charge on any atom is -0.347 e. The number of hydrogen-bond acceptors (Lipinski definition) is 3. The number of rotatable bonds is 3. The van der Waals surface area contributed by atoms with Crippen LogP contribution in [0, 0.1) is 5.82 Å². The summed E-state index contributed by atoms with van der Waals surface area (Å²) in [6, 6.07) is 10.7. The Bertz CT molecular complexity index is 1300. The van der Waals surface area contributed by atoms with Crippen molar-refractivity contribution in [3.8, 4) is 0 Å². The van der Waals surface area contributed by atoms with Crippen LogP contribution in [0.5, 0.6) is 0 Å². The molecule has 7 heteroatoms. The molecule has 5 nitrogen and oxygen atoms in total. The molecule has 0 saturated heterocycles. The predicted octanol–water partition coefficient (Wildman–Crippen LogP) is 4.61. The van der Waals surface area contributed by atoms with Crippen LogP contribution in [0.4, 0.5) is 10.1 Å². The summed E-state index contributed by atoms with van der Waals surface area (Å²) in [6.45, 7) is 2.49. The van der Waals surface area contributed by atoms with Gasteiger partial charge in [0.1, 0.15) is 11.4 Å². The minimum absolute atomic E-state index is 0.0158. The first-order chi connectivity index (χ1) is 13.5. The maximum Gasteiger partial charge on any atom is 0.261 e. The van der Waals surface area contributed by atoms with Crippen LogP contribution in [0.3, 0.4) is 0 Å². The normalized spacial score (nSPS) is 11.1. The number of benzene rings is 2. The quantitative estimate of drug-likeness (QED) is 0.550. The van der Waals surface area contributed by atoms with Crippen LogP contribution < -0.4 is 10.7 Å². The van der Waals surface area contributed by atoms with Crippen molar-refractivity contribution in [2.75, 3.05) is 5.32 Å². The molecule has 0 aliphatic rings. The van der Waals surface area contributed by atoms with Gasteiger partial charge in [-0.1, -0.05) is 11.6 Å². The van der Waals surface area contributed by atoms with E-state index in [1.807, 2.05) is 11.5 Å². The van der Waals surface area contributed by atoms with Crippen molar-refractivity contribution in [2.45, 2.75) is 13.5 Å². The van der Waals surface area contributed by atoms with Crippen molar-refractivity contribution in [2.24, 2.45) is 0 Å². The number of amides is 1. The van der Waals surface area contributed by atoms with Crippen molar-refractivity contribution in [3.63, 3.8) is 0 Å². The first-order valence-electron chi connectivity index (χ1n) is 8.66. The zero-order valence-corrected chi connectivity index (χ0v) is 15.6. The molecule has 2 aromatic heterocycles. The summed E-state index contributed by atoms with van der Waals surface area (Å²) in [5.41, 5.74) is 1.19. The Morgan fingerprint density at radius 2 is 2.00 bits per heavy atom. The number of nitrogens with zero attached hydrogens (tertiary/aromatic N) is 2. The monoisotopic (exact) mass is 395 g/mol. The zero-order valence-electron chi connectivity index (χ0n) is 14.9. The Balaban J connectivity index is 1.83. The number of nitrogens with one attached hydrogen (secondary N) is 1. The lowest BCUT2D eigenvalue weighted by Crippen LogP contribution is -2.24. The molecule has 140 valence electrons. The highest BCUT2D eigenvalue weighted by Gasteiger charge is 2.17. The van der Waals surface area contributed by atoms with Crippen molar-refractivity contribution in [3.05, 3.63) is 81.5 Å². The van der Waals surface area contributed by atoms with Gasteiger partial charge in [-0.15, -0.1) is 0 Å². The zero-order chi connectivity index (χ0) is 19.8. The molecule has 0 spiro atoms. The van der Waals surface area contributed by atoms with E-state index in [1.165, 1.54) is 30.6 Å². The fourth-order valence-corrected chi connectivity index (χ4v) is 3.38. The molecule has 2 heterocycles. The van der Waals surface area contributed by atoms with E-state index >= 15 is 0 Å². The third-order valence-electron chi connectivity index (χ3n) is 4.58. The number of pyridine rings is 2. The highest BCUT2D eigenvalue weighted by atomic mass is 35.5. The Morgan fingerprint density at radius 3 is 2.79 bits per heavy atom. The lowest BCUT2D eigenvalue weighted by molar-refractivity contribution is 0.102. The summed E-state index contributed by atoms with van der Waals surface area (Å²) in [4.78, 5) is 29.9. The lowest BCUT2D eigenvalue weighted by atomic mass is 10.1. The standard InChI is InChI=1S/C21H15ClFN3O2/c1-2-26-11-16(20(27)15-9-12(22)3-6-19(15)26)21(28)25-18-7-8-24-17-5-4-13(23)10-14(17)18/h3-11H,2H2,1H3,(H,24,25,28). The molecule has 4 aromatic rings. The van der Waals surface area contributed by atoms with Gasteiger partial charge >= 0.3 is 0 Å². The molecule has 1 amide bonds. The number of fused-ring (bicyclic) bond motifs is 2. The summed E-state index contributed by atoms with van der Waals surface area (Å²) < 4.78 is 15.5. The van der Waals surface area contributed by atoms with Crippen molar-refractivity contribution in [1.29, 1.82) is 0 Å². The fourth-order valence-electron chi connectivity index (χ4n) is 3.21. The predicted molar refractivity (Wildman–Crippen MR) is 109 cm³/mol. The third kappa shape index (κ3) is 3.12. The lowest BCUT2D eigenvalue weighted by Gasteiger charge is -2.13. The van der Waals surface area contributed by atoms with E-state index in [0.717, 1.165) is 0 Å². The van der Waals surface area contributed by atoms with Crippen LogP contribution in [0.15, 0.2) is 59.7 Å². The Morgan fingerprint density at radius 1 is 1.18 bits per heavy atom. The first kappa shape index (κ1) is 18.1. The van der Waals surface area contributed by atoms with Crippen LogP contribution in [0.2, 0.25) is 5.02 Å². The molecule has 0 bridgehead atoms. The summed E-state index contributed by atoms with van der Waals surface area (Å²) in [7, 11) is 0. The number of aromatic nitrogens is 2. The Kier molecular flexibility index (Phi) is 4.57. The topological polar surface area (TPSA) is 64.0 Å². The highest BCUT2D eigenvalue weighted by molar-refractivity contribution is 6.31. The smallest absolute Gasteiger partial charge is 0.261 e. The second-order valence-electron chi connectivity index (χ2n) is 6.29. The second-order valence-corrected chi connectivity index (χ2v) is 6.73. The van der Waals surface area contributed by atoms with Gasteiger partial charge in [0.05, 0.1) is 16.7 Å². The van der Waals surface area contributed by atoms with Gasteiger partial charge in [-0.3, -0.25) is 14.6 Å². The van der Waals surface area contributed by atoms with Gasteiger partial charge in [0.25, 0.3) is 5.91 Å². The number of carbonyl (C=O) groups excluding carboxylic acids is 1. The molecule has 0 atom stereocenters. The van der Waals surface area contributed by atoms with E-state index in [0.29, 0.717) is 39.1 Å². The van der Waals surface area contributed by atoms with Gasteiger partial charge in [0.2, 0.25) is 5.43 Å². The van der Waals surface area contributed by atoms with E-state index < -0.39 is 17.2 Å². The van der Waals surface area contributed by atoms with Crippen LogP contribution in [-0.4, -0.2) is 15.5 Å². The van der Waals surface area contributed by atoms with Gasteiger partial charge in [-0.2, -0.15) is 0 Å². The summed E-state index contributed by atoms with van der Waals surface area (Å²) >= 11 is 6.04. The number of carbonyl (C=O) groups is 1. The average molecular weight is 396 g/mol. The largest absolute Gasteiger partial charge is 0.347 e. The number of anilines is 1. The number of aryl methyl sites for hydroxylation is 1. The number of hydrogen-bond donors (Lipinski definition) is 1. The summed E-state index contributed by atoms with van der Waals surface area (Å²) in [6.07, 6.45) is 3.04. The molecule has 0 radical (unpaired) electrons. The maximum atomic E-state index is 13.6. The molecule has 0 unspecified atom stereocenters. The van der Waals surface area contributed by atoms with Crippen LogP contribution in [-0.2, 0) is 6.54 Å². The SMILES string of the molecule is CCn1cc(C(=O)Nc2ccnc3ccc(F)cc23)c(=O)c2cc(Cl)ccc21. The third-order valence-corrected chi connectivity index (χ3v) is 4.81. The van der Waals surface area contributed by atoms with E-state index in [1.54, 1.807) is 24.3 Å². The molecule has 1 N–H and O–H groups in total. The Labute approximate surface area is 164 Å². The Hall–Kier alpha value is -3.25. The molecular weight excluding hydrogens is 381 g/mol. The van der Waals surface area contributed by atoms with Gasteiger partial charge < -0.3 is 9.88 Å².